The van der Waals surface area contributed by atoms with Crippen molar-refractivity contribution in [2.24, 2.45) is 0 Å². The molecule has 3 rings (SSSR count). The summed E-state index contributed by atoms with van der Waals surface area (Å²) >= 11 is 0. The van der Waals surface area contributed by atoms with Crippen molar-refractivity contribution in [3.05, 3.63) is 29.7 Å². The van der Waals surface area contributed by atoms with E-state index in [0.29, 0.717) is 18.0 Å². The third-order valence-corrected chi connectivity index (χ3v) is 5.69. The highest BCUT2D eigenvalue weighted by atomic mass is 32.2. The number of sulfone groups is 1. The van der Waals surface area contributed by atoms with Gasteiger partial charge in [-0.3, -0.25) is 0 Å². The number of fused-ring (bicyclic) bond motifs is 1. The minimum Gasteiger partial charge on any atom is -0.229 e. The Morgan fingerprint density at radius 1 is 1.50 bits per heavy atom. The topological polar surface area (TPSA) is 64.3 Å². The molecule has 5 nitrogen and oxygen atoms in total. The minimum atomic E-state index is -2.92. The molecule has 1 unspecified atom stereocenters. The van der Waals surface area contributed by atoms with Crippen molar-refractivity contribution in [3.8, 4) is 0 Å². The van der Waals surface area contributed by atoms with Gasteiger partial charge in [-0.2, -0.15) is 5.10 Å². The zero-order chi connectivity index (χ0) is 12.8. The van der Waals surface area contributed by atoms with Gasteiger partial charge < -0.3 is 0 Å². The maximum atomic E-state index is 11.8. The van der Waals surface area contributed by atoms with Crippen molar-refractivity contribution in [3.63, 3.8) is 0 Å². The summed E-state index contributed by atoms with van der Waals surface area (Å²) in [4.78, 5) is 4.39. The molecule has 1 atom stereocenters. The molecule has 2 aromatic rings. The molecular formula is C12H15N3O2S. The number of hydrogen-bond donors (Lipinski definition) is 0. The first-order valence-electron chi connectivity index (χ1n) is 6.08. The van der Waals surface area contributed by atoms with Crippen LogP contribution in [0.25, 0.3) is 5.65 Å². The maximum absolute atomic E-state index is 11.8. The Morgan fingerprint density at radius 2 is 2.33 bits per heavy atom. The first kappa shape index (κ1) is 11.6. The van der Waals surface area contributed by atoms with Gasteiger partial charge in [0.2, 0.25) is 0 Å². The predicted octanol–water partition coefficient (Wildman–Crippen LogP) is 1.16. The Labute approximate surface area is 106 Å². The summed E-state index contributed by atoms with van der Waals surface area (Å²) in [6, 6.07) is 3.90. The van der Waals surface area contributed by atoms with Crippen molar-refractivity contribution >= 4 is 15.5 Å². The van der Waals surface area contributed by atoms with Crippen LogP contribution in [0.2, 0.25) is 0 Å². The molecule has 1 aliphatic heterocycles. The molecule has 0 aromatic carbocycles. The molecule has 18 heavy (non-hydrogen) atoms. The average molecular weight is 265 g/mol. The van der Waals surface area contributed by atoms with Crippen molar-refractivity contribution in [2.75, 3.05) is 5.75 Å². The van der Waals surface area contributed by atoms with Crippen LogP contribution >= 0.6 is 0 Å². The van der Waals surface area contributed by atoms with Crippen LogP contribution in [0.15, 0.2) is 18.3 Å². The molecule has 1 saturated heterocycles. The van der Waals surface area contributed by atoms with Crippen LogP contribution in [-0.2, 0) is 16.3 Å². The van der Waals surface area contributed by atoms with E-state index in [4.69, 9.17) is 0 Å². The van der Waals surface area contributed by atoms with Crippen molar-refractivity contribution in [1.82, 2.24) is 14.6 Å². The normalized spacial score (nSPS) is 22.6. The SMILES string of the molecule is Cc1ccn2nc(CC3CCCS3(=O)=O)nc2c1. The number of aromatic nitrogens is 3. The van der Waals surface area contributed by atoms with Gasteiger partial charge in [0.1, 0.15) is 0 Å². The summed E-state index contributed by atoms with van der Waals surface area (Å²) in [6.07, 6.45) is 3.78. The lowest BCUT2D eigenvalue weighted by Crippen LogP contribution is -2.19. The molecule has 0 saturated carbocycles. The van der Waals surface area contributed by atoms with Crippen LogP contribution in [0.5, 0.6) is 0 Å². The summed E-state index contributed by atoms with van der Waals surface area (Å²) in [5.41, 5.74) is 1.90. The second-order valence-electron chi connectivity index (χ2n) is 4.87. The van der Waals surface area contributed by atoms with Gasteiger partial charge in [-0.05, 0) is 37.5 Å². The van der Waals surface area contributed by atoms with Crippen LogP contribution in [0.4, 0.5) is 0 Å². The van der Waals surface area contributed by atoms with E-state index in [1.807, 2.05) is 25.3 Å². The third-order valence-electron chi connectivity index (χ3n) is 3.41. The van der Waals surface area contributed by atoms with E-state index in [1.165, 1.54) is 0 Å². The van der Waals surface area contributed by atoms with Crippen LogP contribution < -0.4 is 0 Å². The molecule has 0 N–H and O–H groups in total. The van der Waals surface area contributed by atoms with Gasteiger partial charge >= 0.3 is 0 Å². The molecule has 0 amide bonds. The Balaban J connectivity index is 1.91. The van der Waals surface area contributed by atoms with Gasteiger partial charge in [0.05, 0.1) is 11.0 Å². The van der Waals surface area contributed by atoms with Crippen molar-refractivity contribution < 1.29 is 8.42 Å². The second-order valence-corrected chi connectivity index (χ2v) is 7.27. The molecule has 0 radical (unpaired) electrons. The first-order valence-corrected chi connectivity index (χ1v) is 7.80. The predicted molar refractivity (Wildman–Crippen MR) is 68.2 cm³/mol. The lowest BCUT2D eigenvalue weighted by molar-refractivity contribution is 0.586. The number of aryl methyl sites for hydroxylation is 1. The largest absolute Gasteiger partial charge is 0.229 e. The van der Waals surface area contributed by atoms with Gasteiger partial charge in [0, 0.05) is 12.6 Å². The molecule has 6 heteroatoms. The standard InChI is InChI=1S/C12H15N3O2S/c1-9-4-5-15-12(7-9)13-11(14-15)8-10-3-2-6-18(10,16)17/h4-5,7,10H,2-3,6,8H2,1H3. The van der Waals surface area contributed by atoms with Gasteiger partial charge in [-0.15, -0.1) is 0 Å². The maximum Gasteiger partial charge on any atom is 0.155 e. The second kappa shape index (κ2) is 4.05. The Hall–Kier alpha value is -1.43. The molecule has 0 aliphatic carbocycles. The third kappa shape index (κ3) is 2.01. The van der Waals surface area contributed by atoms with Crippen LogP contribution in [0, 0.1) is 6.92 Å². The van der Waals surface area contributed by atoms with Gasteiger partial charge in [-0.1, -0.05) is 0 Å². The fourth-order valence-corrected chi connectivity index (χ4v) is 4.24. The van der Waals surface area contributed by atoms with Crippen LogP contribution in [0.1, 0.15) is 24.2 Å². The number of nitrogens with zero attached hydrogens (tertiary/aromatic N) is 3. The average Bonchev–Trinajstić information content (AvgIpc) is 2.82. The Bertz CT molecular complexity index is 690. The van der Waals surface area contributed by atoms with E-state index in [9.17, 15) is 8.42 Å². The molecule has 1 fully saturated rings. The molecule has 96 valence electrons. The summed E-state index contributed by atoms with van der Waals surface area (Å²) in [5, 5.41) is 4.03. The van der Waals surface area contributed by atoms with Crippen molar-refractivity contribution in [2.45, 2.75) is 31.4 Å². The number of pyridine rings is 1. The van der Waals surface area contributed by atoms with Gasteiger partial charge in [-0.25, -0.2) is 17.9 Å². The Morgan fingerprint density at radius 3 is 3.06 bits per heavy atom. The van der Waals surface area contributed by atoms with E-state index >= 15 is 0 Å². The first-order chi connectivity index (χ1) is 8.54. The molecular weight excluding hydrogens is 250 g/mol. The molecule has 3 heterocycles. The quantitative estimate of drug-likeness (QED) is 0.817. The van der Waals surface area contributed by atoms with Crippen LogP contribution in [0.3, 0.4) is 0 Å². The molecule has 1 aliphatic rings. The van der Waals surface area contributed by atoms with E-state index in [2.05, 4.69) is 10.1 Å². The van der Waals surface area contributed by atoms with Crippen molar-refractivity contribution in [1.29, 1.82) is 0 Å². The highest BCUT2D eigenvalue weighted by Crippen LogP contribution is 2.22. The highest BCUT2D eigenvalue weighted by Gasteiger charge is 2.32. The fourth-order valence-electron chi connectivity index (χ4n) is 2.41. The lowest BCUT2D eigenvalue weighted by atomic mass is 10.2. The zero-order valence-corrected chi connectivity index (χ0v) is 11.0. The van der Waals surface area contributed by atoms with Crippen LogP contribution in [-0.4, -0.2) is 34.0 Å². The highest BCUT2D eigenvalue weighted by molar-refractivity contribution is 7.92. The monoisotopic (exact) mass is 265 g/mol. The molecule has 2 aromatic heterocycles. The summed E-state index contributed by atoms with van der Waals surface area (Å²) in [7, 11) is -2.92. The van der Waals surface area contributed by atoms with E-state index in [0.717, 1.165) is 24.1 Å². The number of hydrogen-bond acceptors (Lipinski definition) is 4. The summed E-state index contributed by atoms with van der Waals surface area (Å²) in [5.74, 6) is 0.931. The van der Waals surface area contributed by atoms with E-state index in [1.54, 1.807) is 4.52 Å². The van der Waals surface area contributed by atoms with E-state index < -0.39 is 9.84 Å². The zero-order valence-electron chi connectivity index (χ0n) is 10.2. The molecule has 0 spiro atoms. The van der Waals surface area contributed by atoms with Gasteiger partial charge in [0.25, 0.3) is 0 Å². The van der Waals surface area contributed by atoms with E-state index in [-0.39, 0.29) is 5.25 Å². The molecule has 0 bridgehead atoms. The minimum absolute atomic E-state index is 0.295. The lowest BCUT2D eigenvalue weighted by Gasteiger charge is -2.04. The Kier molecular flexibility index (Phi) is 2.62. The number of rotatable bonds is 2. The van der Waals surface area contributed by atoms with Gasteiger partial charge in [0.15, 0.2) is 21.3 Å². The smallest absolute Gasteiger partial charge is 0.155 e. The summed E-state index contributed by atoms with van der Waals surface area (Å²) < 4.78 is 25.2. The fraction of sp³-hybridized carbons (Fsp3) is 0.500. The summed E-state index contributed by atoms with van der Waals surface area (Å²) in [6.45, 7) is 2.00.